The molecule has 26 heavy (non-hydrogen) atoms. The van der Waals surface area contributed by atoms with E-state index >= 15 is 0 Å². The molecule has 0 aromatic rings. The van der Waals surface area contributed by atoms with E-state index in [1.807, 2.05) is 7.11 Å². The highest BCUT2D eigenvalue weighted by atomic mass is 16.7. The lowest BCUT2D eigenvalue weighted by atomic mass is 9.46. The molecular weight excluding hydrogens is 324 g/mol. The van der Waals surface area contributed by atoms with Gasteiger partial charge in [-0.25, -0.2) is 0 Å². The quantitative estimate of drug-likeness (QED) is 0.641. The lowest BCUT2D eigenvalue weighted by Crippen LogP contribution is -2.53. The Balaban J connectivity index is 1.47. The van der Waals surface area contributed by atoms with Crippen LogP contribution in [0.25, 0.3) is 0 Å². The van der Waals surface area contributed by atoms with Crippen LogP contribution in [0.15, 0.2) is 11.6 Å². The summed E-state index contributed by atoms with van der Waals surface area (Å²) in [6, 6.07) is 0. The number of methoxy groups -OCH3 is 1. The van der Waals surface area contributed by atoms with Crippen LogP contribution in [0.4, 0.5) is 0 Å². The van der Waals surface area contributed by atoms with Crippen LogP contribution in [-0.2, 0) is 14.2 Å². The summed E-state index contributed by atoms with van der Waals surface area (Å²) in [5.74, 6) is 2.29. The lowest BCUT2D eigenvalue weighted by Gasteiger charge is -2.59. The van der Waals surface area contributed by atoms with Crippen molar-refractivity contribution in [1.29, 1.82) is 0 Å². The topological polar surface area (TPSA) is 27.7 Å². The summed E-state index contributed by atoms with van der Waals surface area (Å²) in [4.78, 5) is 0. The maximum Gasteiger partial charge on any atom is 0.172 e. The molecule has 1 spiro atoms. The Labute approximate surface area is 158 Å². The van der Waals surface area contributed by atoms with Crippen LogP contribution in [0.3, 0.4) is 0 Å². The van der Waals surface area contributed by atoms with Gasteiger partial charge in [0.15, 0.2) is 5.79 Å². The van der Waals surface area contributed by atoms with Crippen LogP contribution in [0.2, 0.25) is 0 Å². The Morgan fingerprint density at radius 3 is 2.62 bits per heavy atom. The van der Waals surface area contributed by atoms with Gasteiger partial charge in [-0.2, -0.15) is 0 Å². The first kappa shape index (κ1) is 17.7. The molecule has 5 aliphatic rings. The van der Waals surface area contributed by atoms with Crippen molar-refractivity contribution >= 4 is 0 Å². The molecule has 6 atom stereocenters. The Kier molecular flexibility index (Phi) is 4.12. The minimum Gasteiger partial charge on any atom is -0.381 e. The summed E-state index contributed by atoms with van der Waals surface area (Å²) in [6.07, 6.45) is 14.4. The van der Waals surface area contributed by atoms with Gasteiger partial charge in [-0.1, -0.05) is 25.5 Å². The zero-order valence-corrected chi connectivity index (χ0v) is 16.9. The van der Waals surface area contributed by atoms with E-state index in [-0.39, 0.29) is 5.79 Å². The molecule has 0 aromatic carbocycles. The molecule has 0 bridgehead atoms. The highest BCUT2D eigenvalue weighted by Crippen LogP contribution is 2.67. The molecule has 5 rings (SSSR count). The third kappa shape index (κ3) is 2.23. The van der Waals surface area contributed by atoms with Crippen LogP contribution in [0.1, 0.15) is 71.6 Å². The molecule has 3 nitrogen and oxygen atoms in total. The van der Waals surface area contributed by atoms with E-state index in [1.54, 1.807) is 5.57 Å². The summed E-state index contributed by atoms with van der Waals surface area (Å²) in [5.41, 5.74) is 2.50. The molecule has 0 N–H and O–H groups in total. The first-order valence-corrected chi connectivity index (χ1v) is 11.1. The Morgan fingerprint density at radius 1 is 1.08 bits per heavy atom. The average molecular weight is 361 g/mol. The van der Waals surface area contributed by atoms with Gasteiger partial charge in [0.25, 0.3) is 0 Å². The maximum absolute atomic E-state index is 6.09. The van der Waals surface area contributed by atoms with Gasteiger partial charge >= 0.3 is 0 Å². The Bertz CT molecular complexity index is 592. The van der Waals surface area contributed by atoms with Crippen LogP contribution >= 0.6 is 0 Å². The molecule has 3 heteroatoms. The van der Waals surface area contributed by atoms with Crippen LogP contribution in [0.5, 0.6) is 0 Å². The minimum absolute atomic E-state index is 0.283. The molecule has 0 aromatic heterocycles. The van der Waals surface area contributed by atoms with Crippen molar-refractivity contribution in [3.63, 3.8) is 0 Å². The molecule has 1 heterocycles. The summed E-state index contributed by atoms with van der Waals surface area (Å²) < 4.78 is 18.1. The van der Waals surface area contributed by atoms with Crippen molar-refractivity contribution in [3.05, 3.63) is 11.6 Å². The number of ether oxygens (including phenoxy) is 3. The highest BCUT2D eigenvalue weighted by Gasteiger charge is 2.61. The summed E-state index contributed by atoms with van der Waals surface area (Å²) in [7, 11) is 1.93. The van der Waals surface area contributed by atoms with Crippen molar-refractivity contribution in [2.75, 3.05) is 20.3 Å². The van der Waals surface area contributed by atoms with Crippen molar-refractivity contribution < 1.29 is 14.2 Å². The molecule has 0 amide bonds. The SMILES string of the molecule is CC[C@]12CCC3(CC1=CC[C@@H]1[C@@H]2CC[C@]2(C)C(OC)CC[C@@H]12)OCCO3. The second kappa shape index (κ2) is 6.06. The van der Waals surface area contributed by atoms with Gasteiger partial charge < -0.3 is 14.2 Å². The van der Waals surface area contributed by atoms with E-state index in [0.717, 1.165) is 43.8 Å². The highest BCUT2D eigenvalue weighted by molar-refractivity contribution is 5.27. The monoisotopic (exact) mass is 360 g/mol. The smallest absolute Gasteiger partial charge is 0.172 e. The zero-order valence-electron chi connectivity index (χ0n) is 16.9. The van der Waals surface area contributed by atoms with E-state index in [2.05, 4.69) is 19.9 Å². The number of hydrogen-bond donors (Lipinski definition) is 0. The molecule has 4 aliphatic carbocycles. The zero-order chi connectivity index (χ0) is 18.0. The van der Waals surface area contributed by atoms with Crippen LogP contribution in [-0.4, -0.2) is 32.2 Å². The number of hydrogen-bond acceptors (Lipinski definition) is 3. The first-order chi connectivity index (χ1) is 12.6. The van der Waals surface area contributed by atoms with Gasteiger partial charge in [0, 0.05) is 20.0 Å². The van der Waals surface area contributed by atoms with E-state index in [4.69, 9.17) is 14.2 Å². The van der Waals surface area contributed by atoms with E-state index < -0.39 is 0 Å². The standard InChI is InChI=1S/C23H36O3/c1-4-22-11-12-23(25-13-14-26-23)15-16(22)5-6-17-18-7-8-20(24-3)21(18,2)10-9-19(17)22/h5,17-20H,4,6-15H2,1-3H3/t17-,18-,19-,20?,21-,22-/m0/s1. The van der Waals surface area contributed by atoms with Gasteiger partial charge in [0.05, 0.1) is 19.3 Å². The fourth-order valence-corrected chi connectivity index (χ4v) is 8.16. The summed E-state index contributed by atoms with van der Waals surface area (Å²) in [5, 5.41) is 0. The fourth-order valence-electron chi connectivity index (χ4n) is 8.16. The molecular formula is C23H36O3. The number of rotatable bonds is 2. The van der Waals surface area contributed by atoms with Gasteiger partial charge in [-0.3, -0.25) is 0 Å². The van der Waals surface area contributed by atoms with Gasteiger partial charge in [0.1, 0.15) is 0 Å². The van der Waals surface area contributed by atoms with Gasteiger partial charge in [-0.05, 0) is 73.5 Å². The minimum atomic E-state index is -0.283. The van der Waals surface area contributed by atoms with E-state index in [0.29, 0.717) is 16.9 Å². The fraction of sp³-hybridized carbons (Fsp3) is 0.913. The predicted molar refractivity (Wildman–Crippen MR) is 102 cm³/mol. The largest absolute Gasteiger partial charge is 0.381 e. The third-order valence-corrected chi connectivity index (χ3v) is 9.48. The van der Waals surface area contributed by atoms with E-state index in [9.17, 15) is 0 Å². The average Bonchev–Trinajstić information content (AvgIpc) is 3.25. The number of allylic oxidation sites excluding steroid dienone is 1. The lowest BCUT2D eigenvalue weighted by molar-refractivity contribution is -0.188. The molecule has 1 saturated heterocycles. The van der Waals surface area contributed by atoms with Crippen molar-refractivity contribution in [2.24, 2.45) is 28.6 Å². The van der Waals surface area contributed by atoms with Crippen molar-refractivity contribution in [3.8, 4) is 0 Å². The van der Waals surface area contributed by atoms with Gasteiger partial charge in [-0.15, -0.1) is 0 Å². The Hall–Kier alpha value is -0.380. The van der Waals surface area contributed by atoms with Crippen LogP contribution in [0, 0.1) is 28.6 Å². The predicted octanol–water partition coefficient (Wildman–Crippen LogP) is 5.10. The van der Waals surface area contributed by atoms with Crippen molar-refractivity contribution in [1.82, 2.24) is 0 Å². The summed E-state index contributed by atoms with van der Waals surface area (Å²) >= 11 is 0. The molecule has 3 saturated carbocycles. The molecule has 0 radical (unpaired) electrons. The molecule has 1 aliphatic heterocycles. The Morgan fingerprint density at radius 2 is 1.88 bits per heavy atom. The number of fused-ring (bicyclic) bond motifs is 5. The first-order valence-electron chi connectivity index (χ1n) is 11.1. The maximum atomic E-state index is 6.09. The third-order valence-electron chi connectivity index (χ3n) is 9.48. The second-order valence-electron chi connectivity index (χ2n) is 9.98. The molecule has 146 valence electrons. The van der Waals surface area contributed by atoms with Gasteiger partial charge in [0.2, 0.25) is 0 Å². The summed E-state index contributed by atoms with van der Waals surface area (Å²) in [6.45, 7) is 6.52. The normalized spacial score (nSPS) is 49.4. The second-order valence-corrected chi connectivity index (χ2v) is 9.98. The van der Waals surface area contributed by atoms with Crippen molar-refractivity contribution in [2.45, 2.75) is 83.5 Å². The van der Waals surface area contributed by atoms with E-state index in [1.165, 1.54) is 44.9 Å². The molecule has 4 fully saturated rings. The molecule has 1 unspecified atom stereocenters. The van der Waals surface area contributed by atoms with Crippen LogP contribution < -0.4 is 0 Å².